The molecule has 1 N–H and O–H groups in total. The number of carbonyl (C=O) groups excluding carboxylic acids is 3. The molecule has 202 valence electrons. The van der Waals surface area contributed by atoms with Gasteiger partial charge in [0, 0.05) is 11.3 Å². The molecule has 3 aromatic carbocycles. The quantitative estimate of drug-likeness (QED) is 0.185. The van der Waals surface area contributed by atoms with Crippen molar-refractivity contribution in [2.75, 3.05) is 26.2 Å². The molecule has 39 heavy (non-hydrogen) atoms. The van der Waals surface area contributed by atoms with Crippen LogP contribution in [0.15, 0.2) is 66.2 Å². The van der Waals surface area contributed by atoms with Crippen LogP contribution in [0, 0.1) is 6.92 Å². The Labute approximate surface area is 227 Å². The Morgan fingerprint density at radius 1 is 0.949 bits per heavy atom. The smallest absolute Gasteiger partial charge is 0.337 e. The van der Waals surface area contributed by atoms with Crippen LogP contribution in [0.4, 0.5) is 5.69 Å². The molecular weight excluding hydrogens is 498 g/mol. The summed E-state index contributed by atoms with van der Waals surface area (Å²) in [6.45, 7) is 5.82. The van der Waals surface area contributed by atoms with E-state index in [4.69, 9.17) is 14.2 Å². The van der Waals surface area contributed by atoms with Gasteiger partial charge in [-0.3, -0.25) is 14.5 Å². The highest BCUT2D eigenvalue weighted by Gasteiger charge is 2.47. The second-order valence-electron chi connectivity index (χ2n) is 9.55. The summed E-state index contributed by atoms with van der Waals surface area (Å²) in [5.41, 5.74) is 3.18. The number of ether oxygens (including phenoxy) is 3. The molecule has 0 radical (unpaired) electrons. The van der Waals surface area contributed by atoms with Crippen LogP contribution in [0.25, 0.3) is 5.76 Å². The molecule has 8 heteroatoms. The maximum absolute atomic E-state index is 13.6. The third-order valence-corrected chi connectivity index (χ3v) is 6.87. The van der Waals surface area contributed by atoms with Gasteiger partial charge in [-0.05, 0) is 78.1 Å². The summed E-state index contributed by atoms with van der Waals surface area (Å²) in [5.74, 6) is -1.14. The van der Waals surface area contributed by atoms with Gasteiger partial charge in [-0.15, -0.1) is 0 Å². The Balaban J connectivity index is 1.96. The van der Waals surface area contributed by atoms with Gasteiger partial charge in [-0.1, -0.05) is 26.0 Å². The minimum Gasteiger partial charge on any atom is -0.507 e. The summed E-state index contributed by atoms with van der Waals surface area (Å²) in [6, 6.07) is 15.8. The van der Waals surface area contributed by atoms with E-state index in [1.54, 1.807) is 49.6 Å². The van der Waals surface area contributed by atoms with Crippen molar-refractivity contribution in [2.24, 2.45) is 0 Å². The van der Waals surface area contributed by atoms with E-state index in [-0.39, 0.29) is 17.3 Å². The van der Waals surface area contributed by atoms with E-state index in [1.165, 1.54) is 31.3 Å². The summed E-state index contributed by atoms with van der Waals surface area (Å²) >= 11 is 0. The molecule has 4 rings (SSSR count). The van der Waals surface area contributed by atoms with Crippen molar-refractivity contribution in [3.63, 3.8) is 0 Å². The van der Waals surface area contributed by atoms with E-state index in [0.29, 0.717) is 39.4 Å². The number of hydrogen-bond donors (Lipinski definition) is 1. The van der Waals surface area contributed by atoms with Gasteiger partial charge in [0.15, 0.2) is 0 Å². The van der Waals surface area contributed by atoms with Gasteiger partial charge >= 0.3 is 5.97 Å². The number of nitrogens with zero attached hydrogens (tertiary/aromatic N) is 1. The molecule has 1 fully saturated rings. The lowest BCUT2D eigenvalue weighted by Crippen LogP contribution is -2.29. The zero-order chi connectivity index (χ0) is 28.4. The third-order valence-electron chi connectivity index (χ3n) is 6.87. The van der Waals surface area contributed by atoms with Crippen LogP contribution in [0.2, 0.25) is 0 Å². The Hall–Kier alpha value is -4.59. The van der Waals surface area contributed by atoms with E-state index in [2.05, 4.69) is 0 Å². The number of aryl methyl sites for hydroxylation is 1. The van der Waals surface area contributed by atoms with Crippen LogP contribution in [0.5, 0.6) is 11.5 Å². The fourth-order valence-electron chi connectivity index (χ4n) is 4.83. The van der Waals surface area contributed by atoms with Crippen molar-refractivity contribution in [3.8, 4) is 11.5 Å². The molecule has 1 saturated heterocycles. The highest BCUT2D eigenvalue weighted by Crippen LogP contribution is 2.44. The molecule has 1 atom stereocenters. The number of anilines is 1. The molecule has 0 bridgehead atoms. The fraction of sp³-hybridized carbons (Fsp3) is 0.258. The zero-order valence-corrected chi connectivity index (χ0v) is 22.8. The van der Waals surface area contributed by atoms with Gasteiger partial charge in [-0.25, -0.2) is 4.79 Å². The van der Waals surface area contributed by atoms with Crippen LogP contribution in [0.1, 0.15) is 58.4 Å². The number of carbonyl (C=O) groups is 3. The van der Waals surface area contributed by atoms with Crippen molar-refractivity contribution < 1.29 is 33.7 Å². The van der Waals surface area contributed by atoms with Gasteiger partial charge in [0.25, 0.3) is 11.7 Å². The lowest BCUT2D eigenvalue weighted by molar-refractivity contribution is -0.132. The average molecular weight is 530 g/mol. The first-order valence-electron chi connectivity index (χ1n) is 12.4. The lowest BCUT2D eigenvalue weighted by atomic mass is 9.91. The van der Waals surface area contributed by atoms with Crippen LogP contribution in [-0.4, -0.2) is 44.1 Å². The summed E-state index contributed by atoms with van der Waals surface area (Å²) in [7, 11) is 4.39. The molecule has 0 aromatic heterocycles. The third kappa shape index (κ3) is 4.97. The number of amides is 1. The summed E-state index contributed by atoms with van der Waals surface area (Å²) in [4.78, 5) is 40.4. The monoisotopic (exact) mass is 529 g/mol. The van der Waals surface area contributed by atoms with Crippen molar-refractivity contribution in [1.29, 1.82) is 0 Å². The Morgan fingerprint density at radius 2 is 1.64 bits per heavy atom. The minimum atomic E-state index is -0.951. The topological polar surface area (TPSA) is 102 Å². The number of rotatable bonds is 7. The maximum Gasteiger partial charge on any atom is 0.337 e. The number of Topliss-reactive ketones (excluding diaryl/α,β-unsaturated/α-hetero) is 1. The molecule has 3 aromatic rings. The van der Waals surface area contributed by atoms with Gasteiger partial charge < -0.3 is 19.3 Å². The maximum atomic E-state index is 13.6. The number of methoxy groups -OCH3 is 3. The van der Waals surface area contributed by atoms with Crippen molar-refractivity contribution >= 4 is 29.1 Å². The molecule has 1 heterocycles. The van der Waals surface area contributed by atoms with Gasteiger partial charge in [0.1, 0.15) is 17.3 Å². The molecule has 0 saturated carbocycles. The number of ketones is 1. The number of esters is 1. The summed E-state index contributed by atoms with van der Waals surface area (Å²) in [5, 5.41) is 11.7. The zero-order valence-electron chi connectivity index (χ0n) is 22.8. The molecule has 1 aliphatic heterocycles. The standard InChI is InChI=1S/C31H31NO7/c1-17(2)23-16-24(18(3)14-25(23)38-5)28(33)26-27(20-8-7-9-22(15-20)37-4)32(30(35)29(26)34)21-12-10-19(11-13-21)31(36)39-6/h7-17,27,33H,1-6H3/b28-26+. The molecular formula is C31H31NO7. The first-order valence-corrected chi connectivity index (χ1v) is 12.4. The van der Waals surface area contributed by atoms with Crippen LogP contribution in [0.3, 0.4) is 0 Å². The number of aliphatic hydroxyl groups is 1. The van der Waals surface area contributed by atoms with Crippen LogP contribution < -0.4 is 14.4 Å². The molecule has 1 unspecified atom stereocenters. The molecule has 0 spiro atoms. The first kappa shape index (κ1) is 27.4. The number of aliphatic hydroxyl groups excluding tert-OH is 1. The van der Waals surface area contributed by atoms with Gasteiger partial charge in [0.2, 0.25) is 0 Å². The van der Waals surface area contributed by atoms with Crippen LogP contribution >= 0.6 is 0 Å². The minimum absolute atomic E-state index is 0.0479. The normalized spacial score (nSPS) is 16.5. The van der Waals surface area contributed by atoms with Gasteiger partial charge in [0.05, 0.1) is 38.5 Å². The SMILES string of the molecule is COC(=O)c1ccc(N2C(=O)C(=O)/C(=C(/O)c3cc(C(C)C)c(OC)cc3C)C2c2cccc(OC)c2)cc1. The van der Waals surface area contributed by atoms with Crippen molar-refractivity contribution in [1.82, 2.24) is 0 Å². The molecule has 8 nitrogen and oxygen atoms in total. The summed E-state index contributed by atoms with van der Waals surface area (Å²) < 4.78 is 15.7. The largest absolute Gasteiger partial charge is 0.507 e. The second kappa shape index (κ2) is 11.0. The first-order chi connectivity index (χ1) is 18.6. The highest BCUT2D eigenvalue weighted by atomic mass is 16.5. The predicted molar refractivity (Wildman–Crippen MR) is 147 cm³/mol. The molecule has 0 aliphatic carbocycles. The predicted octanol–water partition coefficient (Wildman–Crippen LogP) is 5.55. The fourth-order valence-corrected chi connectivity index (χ4v) is 4.83. The Kier molecular flexibility index (Phi) is 7.76. The van der Waals surface area contributed by atoms with Crippen molar-refractivity contribution in [3.05, 3.63) is 94.1 Å². The van der Waals surface area contributed by atoms with E-state index in [0.717, 1.165) is 5.56 Å². The lowest BCUT2D eigenvalue weighted by Gasteiger charge is -2.26. The van der Waals surface area contributed by atoms with E-state index in [1.807, 2.05) is 26.8 Å². The second-order valence-corrected chi connectivity index (χ2v) is 9.55. The van der Waals surface area contributed by atoms with Crippen molar-refractivity contribution in [2.45, 2.75) is 32.7 Å². The van der Waals surface area contributed by atoms with Crippen LogP contribution in [-0.2, 0) is 14.3 Å². The highest BCUT2D eigenvalue weighted by molar-refractivity contribution is 6.51. The Morgan fingerprint density at radius 3 is 2.23 bits per heavy atom. The van der Waals surface area contributed by atoms with E-state index < -0.39 is 23.7 Å². The summed E-state index contributed by atoms with van der Waals surface area (Å²) in [6.07, 6.45) is 0. The average Bonchev–Trinajstić information content (AvgIpc) is 3.21. The number of benzene rings is 3. The molecule has 1 amide bonds. The van der Waals surface area contributed by atoms with Gasteiger partial charge in [-0.2, -0.15) is 0 Å². The Bertz CT molecular complexity index is 1470. The molecule has 1 aliphatic rings. The number of hydrogen-bond acceptors (Lipinski definition) is 7. The van der Waals surface area contributed by atoms with E-state index >= 15 is 0 Å². The van der Waals surface area contributed by atoms with E-state index in [9.17, 15) is 19.5 Å².